The second-order valence-electron chi connectivity index (χ2n) is 4.43. The van der Waals surface area contributed by atoms with Crippen LogP contribution in [-0.4, -0.2) is 0 Å². The van der Waals surface area contributed by atoms with Gasteiger partial charge in [-0.25, -0.2) is 0 Å². The van der Waals surface area contributed by atoms with E-state index in [0.717, 1.165) is 0 Å². The first-order valence-electron chi connectivity index (χ1n) is 9.96. The summed E-state index contributed by atoms with van der Waals surface area (Å²) in [6.07, 6.45) is 6.16. The van der Waals surface area contributed by atoms with Gasteiger partial charge in [0, 0.05) is 0 Å². The summed E-state index contributed by atoms with van der Waals surface area (Å²) in [6, 6.07) is 8.84. The Balaban J connectivity index is -0.000000533. The summed E-state index contributed by atoms with van der Waals surface area (Å²) in [5.41, 5.74) is 5.14. The van der Waals surface area contributed by atoms with Crippen molar-refractivity contribution in [2.45, 2.75) is 76.2 Å². The topological polar surface area (TPSA) is 0 Å². The van der Waals surface area contributed by atoms with Gasteiger partial charge in [-0.2, -0.15) is 0 Å². The Morgan fingerprint density at radius 3 is 1.68 bits per heavy atom. The maximum Gasteiger partial charge on any atom is -0.0103 e. The van der Waals surface area contributed by atoms with Gasteiger partial charge in [-0.15, -0.1) is 0 Å². The van der Waals surface area contributed by atoms with Crippen LogP contribution in [0.4, 0.5) is 0 Å². The van der Waals surface area contributed by atoms with Crippen LogP contribution in [0.25, 0.3) is 22.9 Å². The van der Waals surface area contributed by atoms with Gasteiger partial charge < -0.3 is 0 Å². The van der Waals surface area contributed by atoms with Gasteiger partial charge in [-0.05, 0) is 53.8 Å². The van der Waals surface area contributed by atoms with E-state index < -0.39 is 0 Å². The van der Waals surface area contributed by atoms with E-state index in [0.29, 0.717) is 0 Å². The minimum Gasteiger partial charge on any atom is -0.0984 e. The molecule has 0 bridgehead atoms. The zero-order valence-corrected chi connectivity index (χ0v) is 18.7. The number of hydrogen-bond acceptors (Lipinski definition) is 0. The normalized spacial score (nSPS) is 8.60. The number of allylic oxidation sites excluding steroid dienone is 1. The summed E-state index contributed by atoms with van der Waals surface area (Å²) >= 11 is 0. The molecule has 2 aromatic rings. The molecular weight excluding hydrogens is 300 g/mol. The Hall–Kier alpha value is -1.82. The van der Waals surface area contributed by atoms with E-state index in [4.69, 9.17) is 0 Å². The number of aryl methyl sites for hydroxylation is 2. The van der Waals surface area contributed by atoms with E-state index >= 15 is 0 Å². The van der Waals surface area contributed by atoms with Crippen LogP contribution in [0.3, 0.4) is 0 Å². The molecule has 0 saturated heterocycles. The van der Waals surface area contributed by atoms with Crippen LogP contribution in [0.1, 0.15) is 84.6 Å². The largest absolute Gasteiger partial charge is 0.0984 e. The lowest BCUT2D eigenvalue weighted by Crippen LogP contribution is -1.88. The number of benzene rings is 2. The summed E-state index contributed by atoms with van der Waals surface area (Å²) in [6.45, 7) is 26.3. The molecule has 0 aromatic heterocycles. The van der Waals surface area contributed by atoms with Gasteiger partial charge in [0.1, 0.15) is 0 Å². The average molecular weight is 343 g/mol. The quantitative estimate of drug-likeness (QED) is 0.510. The first kappa shape index (κ1) is 28.0. The molecule has 0 heteroatoms. The number of hydrogen-bond donors (Lipinski definition) is 0. The van der Waals surface area contributed by atoms with Crippen molar-refractivity contribution in [2.75, 3.05) is 0 Å². The first-order chi connectivity index (χ1) is 12.2. The van der Waals surface area contributed by atoms with Crippen molar-refractivity contribution < 1.29 is 0 Å². The van der Waals surface area contributed by atoms with E-state index in [1.807, 2.05) is 68.4 Å². The molecule has 0 aliphatic heterocycles. The van der Waals surface area contributed by atoms with E-state index in [1.54, 1.807) is 0 Å². The molecule has 0 radical (unpaired) electrons. The Morgan fingerprint density at radius 2 is 1.24 bits per heavy atom. The van der Waals surface area contributed by atoms with Gasteiger partial charge >= 0.3 is 0 Å². The fourth-order valence-corrected chi connectivity index (χ4v) is 2.17. The Labute approximate surface area is 158 Å². The maximum absolute atomic E-state index is 3.89. The molecule has 0 atom stereocenters. The third-order valence-electron chi connectivity index (χ3n) is 3.26. The zero-order chi connectivity index (χ0) is 20.4. The Bertz CT molecular complexity index is 601. The lowest BCUT2D eigenvalue weighted by atomic mass is 9.95. The smallest absolute Gasteiger partial charge is 0.0103 e. The molecule has 0 amide bonds. The molecule has 0 heterocycles. The van der Waals surface area contributed by atoms with Crippen molar-refractivity contribution >= 4 is 22.9 Å². The molecule has 0 aliphatic carbocycles. The zero-order valence-electron chi connectivity index (χ0n) is 18.7. The molecule has 0 fully saturated rings. The van der Waals surface area contributed by atoms with E-state index in [1.165, 1.54) is 33.0 Å². The Morgan fingerprint density at radius 1 is 0.760 bits per heavy atom. The van der Waals surface area contributed by atoms with Crippen molar-refractivity contribution in [2.24, 2.45) is 0 Å². The van der Waals surface area contributed by atoms with Gasteiger partial charge in [-0.1, -0.05) is 104 Å². The van der Waals surface area contributed by atoms with Crippen LogP contribution in [0.2, 0.25) is 0 Å². The van der Waals surface area contributed by atoms with Gasteiger partial charge in [0.25, 0.3) is 0 Å². The molecule has 0 nitrogen and oxygen atoms in total. The van der Waals surface area contributed by atoms with Crippen LogP contribution in [0.5, 0.6) is 0 Å². The van der Waals surface area contributed by atoms with Crippen molar-refractivity contribution in [1.82, 2.24) is 0 Å². The van der Waals surface area contributed by atoms with E-state index in [2.05, 4.69) is 56.8 Å². The molecule has 2 aromatic carbocycles. The predicted octanol–water partition coefficient (Wildman–Crippen LogP) is 9.24. The van der Waals surface area contributed by atoms with Crippen LogP contribution in [0.15, 0.2) is 36.9 Å². The van der Waals surface area contributed by atoms with Crippen LogP contribution in [0, 0.1) is 13.8 Å². The molecule has 0 saturated carbocycles. The van der Waals surface area contributed by atoms with E-state index in [-0.39, 0.29) is 0 Å². The van der Waals surface area contributed by atoms with Crippen molar-refractivity contribution in [1.29, 1.82) is 0 Å². The average Bonchev–Trinajstić information content (AvgIpc) is 2.70. The summed E-state index contributed by atoms with van der Waals surface area (Å²) < 4.78 is 0. The lowest BCUT2D eigenvalue weighted by molar-refractivity contribution is 1.36. The highest BCUT2D eigenvalue weighted by atomic mass is 14.1. The highest BCUT2D eigenvalue weighted by Gasteiger charge is 2.04. The maximum atomic E-state index is 3.89. The lowest BCUT2D eigenvalue weighted by Gasteiger charge is -2.10. The van der Waals surface area contributed by atoms with Crippen LogP contribution in [-0.2, 0) is 0 Å². The molecule has 0 spiro atoms. The highest BCUT2D eigenvalue weighted by Crippen LogP contribution is 2.27. The monoisotopic (exact) mass is 342 g/mol. The van der Waals surface area contributed by atoms with Gasteiger partial charge in [0.05, 0.1) is 0 Å². The second kappa shape index (κ2) is 18.5. The number of rotatable bonds is 2. The molecule has 0 aliphatic rings. The molecule has 0 N–H and O–H groups in total. The minimum atomic E-state index is 1.19. The summed E-state index contributed by atoms with van der Waals surface area (Å²) in [4.78, 5) is 0. The van der Waals surface area contributed by atoms with Gasteiger partial charge in [0.15, 0.2) is 0 Å². The first-order valence-corrected chi connectivity index (χ1v) is 9.96. The second-order valence-corrected chi connectivity index (χ2v) is 4.43. The molecular formula is C25H42. The number of fused-ring (bicyclic) bond motifs is 1. The minimum absolute atomic E-state index is 1.19. The van der Waals surface area contributed by atoms with Crippen molar-refractivity contribution in [3.8, 4) is 0 Å². The van der Waals surface area contributed by atoms with Crippen LogP contribution < -0.4 is 0 Å². The predicted molar refractivity (Wildman–Crippen MR) is 124 cm³/mol. The fraction of sp³-hybridized carbons (Fsp3) is 0.440. The summed E-state index contributed by atoms with van der Waals surface area (Å²) in [5, 5.41) is 2.61. The molecule has 0 unspecified atom stereocenters. The summed E-state index contributed by atoms with van der Waals surface area (Å²) in [7, 11) is 0. The highest BCUT2D eigenvalue weighted by molar-refractivity contribution is 5.95. The molecule has 2 rings (SSSR count). The van der Waals surface area contributed by atoms with Gasteiger partial charge in [-0.3, -0.25) is 0 Å². The summed E-state index contributed by atoms with van der Waals surface area (Å²) in [5.74, 6) is 0. The molecule has 142 valence electrons. The fourth-order valence-electron chi connectivity index (χ4n) is 2.17. The SMILES string of the molecule is C=Cc1ccc2cc(C)c(C)cc2c1/C=C\C.CC.CC.CC.CC. The van der Waals surface area contributed by atoms with E-state index in [9.17, 15) is 0 Å². The van der Waals surface area contributed by atoms with Gasteiger partial charge in [0.2, 0.25) is 0 Å². The van der Waals surface area contributed by atoms with Crippen molar-refractivity contribution in [3.05, 3.63) is 59.2 Å². The van der Waals surface area contributed by atoms with Crippen molar-refractivity contribution in [3.63, 3.8) is 0 Å². The third-order valence-corrected chi connectivity index (χ3v) is 3.26. The third kappa shape index (κ3) is 8.72. The Kier molecular flexibility index (Phi) is 20.7. The standard InChI is InChI=1S/C17H18.4C2H6/c1-5-7-16-14(6-2)8-9-15-10-12(3)13(4)11-17(15)16;4*1-2/h5-11H,2H2,1,3-4H3;4*1-2H3/b7-5-;;;;. The molecule has 25 heavy (non-hydrogen) atoms. The van der Waals surface area contributed by atoms with Crippen LogP contribution >= 0.6 is 0 Å².